The summed E-state index contributed by atoms with van der Waals surface area (Å²) in [6, 6.07) is 11.2. The van der Waals surface area contributed by atoms with Gasteiger partial charge in [0.2, 0.25) is 0 Å². The van der Waals surface area contributed by atoms with Gasteiger partial charge in [-0.25, -0.2) is 0 Å². The Kier molecular flexibility index (Phi) is 8.85. The van der Waals surface area contributed by atoms with Crippen LogP contribution >= 0.6 is 7.92 Å². The Morgan fingerprint density at radius 1 is 0.793 bits per heavy atom. The molecule has 0 aliphatic carbocycles. The van der Waals surface area contributed by atoms with Crippen molar-refractivity contribution < 1.29 is 19.1 Å². The van der Waals surface area contributed by atoms with Gasteiger partial charge in [0, 0.05) is 13.5 Å². The van der Waals surface area contributed by atoms with Crippen LogP contribution in [0.15, 0.2) is 36.4 Å². The fourth-order valence-electron chi connectivity index (χ4n) is 3.31. The lowest BCUT2D eigenvalue weighted by atomic mass is 10.0. The zero-order valence-electron chi connectivity index (χ0n) is 18.1. The van der Waals surface area contributed by atoms with Crippen molar-refractivity contribution in [2.24, 2.45) is 0 Å². The molecule has 29 heavy (non-hydrogen) atoms. The molecular formula is C24H31O4P. The summed E-state index contributed by atoms with van der Waals surface area (Å²) in [5.74, 6) is 0.975. The van der Waals surface area contributed by atoms with Crippen LogP contribution in [0.4, 0.5) is 0 Å². The van der Waals surface area contributed by atoms with Gasteiger partial charge in [-0.3, -0.25) is 9.59 Å². The predicted molar refractivity (Wildman–Crippen MR) is 120 cm³/mol. The summed E-state index contributed by atoms with van der Waals surface area (Å²) in [4.78, 5) is 27.3. The molecule has 0 aliphatic rings. The van der Waals surface area contributed by atoms with Gasteiger partial charge in [0.25, 0.3) is 0 Å². The van der Waals surface area contributed by atoms with Crippen LogP contribution in [0.1, 0.15) is 65.5 Å². The van der Waals surface area contributed by atoms with Crippen LogP contribution in [0, 0.1) is 13.8 Å². The number of benzene rings is 2. The molecule has 2 aromatic carbocycles. The van der Waals surface area contributed by atoms with Gasteiger partial charge in [-0.2, -0.15) is 0 Å². The second kappa shape index (κ2) is 11.1. The zero-order valence-corrected chi connectivity index (χ0v) is 19.0. The average molecular weight is 414 g/mol. The Morgan fingerprint density at radius 3 is 1.76 bits per heavy atom. The summed E-state index contributed by atoms with van der Waals surface area (Å²) >= 11 is 0. The summed E-state index contributed by atoms with van der Waals surface area (Å²) in [6.45, 7) is 10.6. The standard InChI is InChI=1S/C24H31O4P/c1-6-9-16-29(23(25)21-17(4)12-10-13-18(21)5)24(26)22-19(27-7-2)14-11-15-20(22)28-8-3/h10-15H,6-9,16H2,1-5H3. The Labute approximate surface area is 175 Å². The monoisotopic (exact) mass is 414 g/mol. The Hall–Kier alpha value is -2.19. The molecule has 5 heteroatoms. The van der Waals surface area contributed by atoms with Crippen LogP contribution in [-0.2, 0) is 0 Å². The van der Waals surface area contributed by atoms with Crippen molar-refractivity contribution >= 4 is 19.0 Å². The third-order valence-electron chi connectivity index (χ3n) is 4.72. The first-order valence-corrected chi connectivity index (χ1v) is 11.8. The maximum atomic E-state index is 13.7. The van der Waals surface area contributed by atoms with Gasteiger partial charge in [-0.05, 0) is 63.5 Å². The molecule has 1 atom stereocenters. The van der Waals surface area contributed by atoms with Crippen molar-refractivity contribution in [3.05, 3.63) is 58.7 Å². The highest BCUT2D eigenvalue weighted by Crippen LogP contribution is 2.48. The van der Waals surface area contributed by atoms with E-state index in [0.717, 1.165) is 24.0 Å². The van der Waals surface area contributed by atoms with Crippen LogP contribution in [0.25, 0.3) is 0 Å². The van der Waals surface area contributed by atoms with Gasteiger partial charge in [0.1, 0.15) is 17.1 Å². The Morgan fingerprint density at radius 2 is 1.28 bits per heavy atom. The number of carbonyl (C=O) groups is 2. The van der Waals surface area contributed by atoms with Gasteiger partial charge in [0.05, 0.1) is 13.2 Å². The highest BCUT2D eigenvalue weighted by molar-refractivity contribution is 7.90. The molecule has 0 saturated carbocycles. The van der Waals surface area contributed by atoms with Crippen molar-refractivity contribution in [2.75, 3.05) is 19.4 Å². The minimum absolute atomic E-state index is 0.0530. The number of unbranched alkanes of at least 4 members (excludes halogenated alkanes) is 1. The summed E-state index contributed by atoms with van der Waals surface area (Å²) < 4.78 is 11.5. The van der Waals surface area contributed by atoms with Crippen molar-refractivity contribution in [1.29, 1.82) is 0 Å². The fraction of sp³-hybridized carbons (Fsp3) is 0.417. The molecule has 0 spiro atoms. The van der Waals surface area contributed by atoms with E-state index in [-0.39, 0.29) is 11.0 Å². The third-order valence-corrected chi connectivity index (χ3v) is 6.91. The maximum Gasteiger partial charge on any atom is 0.199 e. The molecule has 0 saturated heterocycles. The summed E-state index contributed by atoms with van der Waals surface area (Å²) in [6.07, 6.45) is 2.33. The van der Waals surface area contributed by atoms with Gasteiger partial charge in [0.15, 0.2) is 11.0 Å². The highest BCUT2D eigenvalue weighted by atomic mass is 31.1. The number of hydrogen-bond donors (Lipinski definition) is 0. The van der Waals surface area contributed by atoms with E-state index in [1.54, 1.807) is 12.1 Å². The van der Waals surface area contributed by atoms with E-state index in [0.29, 0.717) is 42.0 Å². The highest BCUT2D eigenvalue weighted by Gasteiger charge is 2.33. The SMILES string of the molecule is CCCCP(C(=O)c1c(C)cccc1C)C(=O)c1c(OCC)cccc1OCC. The lowest BCUT2D eigenvalue weighted by molar-refractivity contribution is 0.104. The molecule has 1 unspecified atom stereocenters. The van der Waals surface area contributed by atoms with E-state index in [1.807, 2.05) is 52.0 Å². The second-order valence-corrected chi connectivity index (χ2v) is 8.99. The molecule has 0 heterocycles. The molecule has 2 rings (SSSR count). The van der Waals surface area contributed by atoms with E-state index >= 15 is 0 Å². The number of rotatable bonds is 11. The van der Waals surface area contributed by atoms with E-state index < -0.39 is 7.92 Å². The van der Waals surface area contributed by atoms with Gasteiger partial charge in [-0.1, -0.05) is 37.6 Å². The maximum absolute atomic E-state index is 13.7. The smallest absolute Gasteiger partial charge is 0.199 e. The largest absolute Gasteiger partial charge is 0.493 e. The number of aryl methyl sites for hydroxylation is 2. The molecule has 4 nitrogen and oxygen atoms in total. The molecule has 2 aromatic rings. The van der Waals surface area contributed by atoms with Crippen LogP contribution in [-0.4, -0.2) is 30.4 Å². The number of ether oxygens (including phenoxy) is 2. The molecule has 156 valence electrons. The second-order valence-electron chi connectivity index (χ2n) is 6.88. The summed E-state index contributed by atoms with van der Waals surface area (Å²) in [5, 5.41) is 0. The molecule has 0 radical (unpaired) electrons. The third kappa shape index (κ3) is 5.45. The fourth-order valence-corrected chi connectivity index (χ4v) is 5.64. The summed E-state index contributed by atoms with van der Waals surface area (Å²) in [5.41, 5.74) is 2.69. The van der Waals surface area contributed by atoms with E-state index in [2.05, 4.69) is 6.92 Å². The van der Waals surface area contributed by atoms with Crippen LogP contribution < -0.4 is 9.47 Å². The van der Waals surface area contributed by atoms with E-state index in [9.17, 15) is 9.59 Å². The van der Waals surface area contributed by atoms with Crippen LogP contribution in [0.2, 0.25) is 0 Å². The van der Waals surface area contributed by atoms with Crippen molar-refractivity contribution in [3.8, 4) is 11.5 Å². The minimum Gasteiger partial charge on any atom is -0.493 e. The van der Waals surface area contributed by atoms with Gasteiger partial charge >= 0.3 is 0 Å². The Bertz CT molecular complexity index is 815. The molecule has 0 aliphatic heterocycles. The lowest BCUT2D eigenvalue weighted by Crippen LogP contribution is -2.14. The first kappa shape index (κ1) is 23.1. The van der Waals surface area contributed by atoms with Crippen LogP contribution in [0.3, 0.4) is 0 Å². The molecule has 0 bridgehead atoms. The molecule has 0 fully saturated rings. The van der Waals surface area contributed by atoms with Crippen LogP contribution in [0.5, 0.6) is 11.5 Å². The predicted octanol–water partition coefficient (Wildman–Crippen LogP) is 6.36. The first-order valence-electron chi connectivity index (χ1n) is 10.3. The van der Waals surface area contributed by atoms with Gasteiger partial charge in [-0.15, -0.1) is 0 Å². The van der Waals surface area contributed by atoms with Crippen molar-refractivity contribution in [2.45, 2.75) is 47.5 Å². The molecule has 0 amide bonds. The van der Waals surface area contributed by atoms with Crippen molar-refractivity contribution in [1.82, 2.24) is 0 Å². The summed E-state index contributed by atoms with van der Waals surface area (Å²) in [7, 11) is -1.57. The molecule has 0 aromatic heterocycles. The number of carbonyl (C=O) groups excluding carboxylic acids is 2. The van der Waals surface area contributed by atoms with Gasteiger partial charge < -0.3 is 9.47 Å². The molecule has 0 N–H and O–H groups in total. The first-order chi connectivity index (χ1) is 14.0. The lowest BCUT2D eigenvalue weighted by Gasteiger charge is -2.21. The van der Waals surface area contributed by atoms with Crippen molar-refractivity contribution in [3.63, 3.8) is 0 Å². The van der Waals surface area contributed by atoms with E-state index in [1.165, 1.54) is 0 Å². The quantitative estimate of drug-likeness (QED) is 0.401. The minimum atomic E-state index is -1.57. The molecular weight excluding hydrogens is 383 g/mol. The number of hydrogen-bond acceptors (Lipinski definition) is 4. The van der Waals surface area contributed by atoms with E-state index in [4.69, 9.17) is 9.47 Å². The zero-order chi connectivity index (χ0) is 21.4. The average Bonchev–Trinajstić information content (AvgIpc) is 2.68. The Balaban J connectivity index is 2.56. The normalized spacial score (nSPS) is 11.8. The topological polar surface area (TPSA) is 52.6 Å².